The Morgan fingerprint density at radius 3 is 2.85 bits per heavy atom. The molecule has 8 nitrogen and oxygen atoms in total. The van der Waals surface area contributed by atoms with Gasteiger partial charge < -0.3 is 25.4 Å². The predicted octanol–water partition coefficient (Wildman–Crippen LogP) is -1.63. The number of carbonyl (C=O) groups is 3. The lowest BCUT2D eigenvalue weighted by Crippen LogP contribution is -2.48. The van der Waals surface area contributed by atoms with E-state index in [2.05, 4.69) is 5.32 Å². The number of amides is 2. The lowest BCUT2D eigenvalue weighted by molar-refractivity contribution is -0.159. The predicted molar refractivity (Wildman–Crippen MR) is 69.9 cm³/mol. The summed E-state index contributed by atoms with van der Waals surface area (Å²) in [5.41, 5.74) is 5.32. The van der Waals surface area contributed by atoms with E-state index in [0.29, 0.717) is 13.0 Å². The standard InChI is InChI=1S/C11H17N3O5.ClH/c1-6(12)11(17)13-3-10(16)18-5-7-4-14-8(15)2-9(14)19-7;/h6-7,9H,2-5,12H2,1H3,(H,13,17);1H. The van der Waals surface area contributed by atoms with Crippen LogP contribution in [0, 0.1) is 0 Å². The summed E-state index contributed by atoms with van der Waals surface area (Å²) in [5, 5.41) is 2.35. The molecule has 2 fully saturated rings. The maximum absolute atomic E-state index is 11.4. The molecule has 114 valence electrons. The zero-order valence-electron chi connectivity index (χ0n) is 11.0. The molecule has 9 heteroatoms. The summed E-state index contributed by atoms with van der Waals surface area (Å²) in [6.07, 6.45) is -0.0481. The quantitative estimate of drug-likeness (QED) is 0.466. The second-order valence-electron chi connectivity index (χ2n) is 4.65. The van der Waals surface area contributed by atoms with E-state index in [1.54, 1.807) is 4.90 Å². The Bertz CT molecular complexity index is 404. The van der Waals surface area contributed by atoms with E-state index in [0.717, 1.165) is 0 Å². The average molecular weight is 308 g/mol. The molecular formula is C11H18ClN3O5. The van der Waals surface area contributed by atoms with Crippen LogP contribution < -0.4 is 11.1 Å². The second kappa shape index (κ2) is 6.87. The van der Waals surface area contributed by atoms with Crippen molar-refractivity contribution in [3.8, 4) is 0 Å². The van der Waals surface area contributed by atoms with E-state index in [9.17, 15) is 14.4 Å². The van der Waals surface area contributed by atoms with Crippen molar-refractivity contribution in [2.24, 2.45) is 5.73 Å². The first kappa shape index (κ1) is 16.7. The molecule has 0 aromatic heterocycles. The number of esters is 1. The number of halogens is 1. The van der Waals surface area contributed by atoms with Crippen molar-refractivity contribution in [2.45, 2.75) is 31.7 Å². The molecule has 20 heavy (non-hydrogen) atoms. The number of nitrogens with two attached hydrogens (primary N) is 1. The number of hydrogen-bond donors (Lipinski definition) is 2. The third kappa shape index (κ3) is 3.81. The van der Waals surface area contributed by atoms with Crippen LogP contribution in [0.15, 0.2) is 0 Å². The summed E-state index contributed by atoms with van der Waals surface area (Å²) in [6, 6.07) is -0.666. The highest BCUT2D eigenvalue weighted by Gasteiger charge is 2.45. The van der Waals surface area contributed by atoms with Crippen LogP contribution >= 0.6 is 12.4 Å². The number of carbonyl (C=O) groups excluding carboxylic acids is 3. The van der Waals surface area contributed by atoms with E-state index in [4.69, 9.17) is 15.2 Å². The molecule has 0 aliphatic carbocycles. The van der Waals surface area contributed by atoms with Gasteiger partial charge in [-0.1, -0.05) is 0 Å². The van der Waals surface area contributed by atoms with Gasteiger partial charge in [0.15, 0.2) is 0 Å². The number of hydrogen-bond acceptors (Lipinski definition) is 6. The minimum absolute atomic E-state index is 0. The molecule has 2 aliphatic heterocycles. The van der Waals surface area contributed by atoms with Crippen LogP contribution in [-0.2, 0) is 23.9 Å². The zero-order valence-corrected chi connectivity index (χ0v) is 11.9. The highest BCUT2D eigenvalue weighted by atomic mass is 35.5. The second-order valence-corrected chi connectivity index (χ2v) is 4.65. The van der Waals surface area contributed by atoms with Crippen molar-refractivity contribution < 1.29 is 23.9 Å². The van der Waals surface area contributed by atoms with Gasteiger partial charge in [-0.05, 0) is 6.92 Å². The first-order valence-corrected chi connectivity index (χ1v) is 6.11. The minimum Gasteiger partial charge on any atom is -0.462 e. The van der Waals surface area contributed by atoms with E-state index in [1.165, 1.54) is 6.92 Å². The van der Waals surface area contributed by atoms with E-state index in [1.807, 2.05) is 0 Å². The molecule has 3 unspecified atom stereocenters. The van der Waals surface area contributed by atoms with Gasteiger partial charge in [-0.25, -0.2) is 0 Å². The van der Waals surface area contributed by atoms with Gasteiger partial charge in [0, 0.05) is 0 Å². The van der Waals surface area contributed by atoms with Crippen molar-refractivity contribution in [1.82, 2.24) is 10.2 Å². The summed E-state index contributed by atoms with van der Waals surface area (Å²) in [6.45, 7) is 1.82. The van der Waals surface area contributed by atoms with Gasteiger partial charge in [0.1, 0.15) is 25.5 Å². The van der Waals surface area contributed by atoms with E-state index in [-0.39, 0.29) is 43.8 Å². The molecule has 3 atom stereocenters. The number of rotatable bonds is 5. The third-order valence-corrected chi connectivity index (χ3v) is 3.02. The molecule has 0 spiro atoms. The number of ether oxygens (including phenoxy) is 2. The van der Waals surface area contributed by atoms with Gasteiger partial charge in [-0.3, -0.25) is 14.4 Å². The van der Waals surface area contributed by atoms with E-state index >= 15 is 0 Å². The summed E-state index contributed by atoms with van der Waals surface area (Å²) in [7, 11) is 0. The smallest absolute Gasteiger partial charge is 0.325 e. The van der Waals surface area contributed by atoms with Gasteiger partial charge >= 0.3 is 5.97 Å². The molecule has 2 saturated heterocycles. The number of nitrogens with one attached hydrogen (secondary N) is 1. The van der Waals surface area contributed by atoms with Crippen LogP contribution in [0.5, 0.6) is 0 Å². The SMILES string of the molecule is CC(N)C(=O)NCC(=O)OCC1CN2C(=O)CC2O1.Cl. The molecule has 3 N–H and O–H groups in total. The fourth-order valence-corrected chi connectivity index (χ4v) is 1.90. The number of nitrogens with zero attached hydrogens (tertiary/aromatic N) is 1. The van der Waals surface area contributed by atoms with Crippen molar-refractivity contribution >= 4 is 30.2 Å². The Morgan fingerprint density at radius 2 is 2.30 bits per heavy atom. The van der Waals surface area contributed by atoms with Crippen LogP contribution in [-0.4, -0.2) is 60.8 Å². The summed E-state index contributed by atoms with van der Waals surface area (Å²) in [4.78, 5) is 35.2. The minimum atomic E-state index is -0.666. The van der Waals surface area contributed by atoms with Crippen molar-refractivity contribution in [3.63, 3.8) is 0 Å². The Balaban J connectivity index is 0.00000200. The van der Waals surface area contributed by atoms with Crippen molar-refractivity contribution in [1.29, 1.82) is 0 Å². The number of fused-ring (bicyclic) bond motifs is 1. The lowest BCUT2D eigenvalue weighted by atomic mass is 10.2. The van der Waals surface area contributed by atoms with Crippen LogP contribution in [0.4, 0.5) is 0 Å². The van der Waals surface area contributed by atoms with Gasteiger partial charge in [-0.2, -0.15) is 0 Å². The van der Waals surface area contributed by atoms with Crippen LogP contribution in [0.1, 0.15) is 13.3 Å². The van der Waals surface area contributed by atoms with Crippen molar-refractivity contribution in [2.75, 3.05) is 19.7 Å². The molecule has 0 bridgehead atoms. The normalized spacial score (nSPS) is 25.1. The lowest BCUT2D eigenvalue weighted by Gasteiger charge is -2.31. The molecular weight excluding hydrogens is 290 g/mol. The molecule has 2 amide bonds. The Kier molecular flexibility index (Phi) is 5.73. The Labute approximate surface area is 122 Å². The summed E-state index contributed by atoms with van der Waals surface area (Å²) >= 11 is 0. The average Bonchev–Trinajstić information content (AvgIpc) is 2.70. The maximum atomic E-state index is 11.4. The first-order chi connectivity index (χ1) is 8.97. The maximum Gasteiger partial charge on any atom is 0.325 e. The van der Waals surface area contributed by atoms with Crippen LogP contribution in [0.2, 0.25) is 0 Å². The largest absolute Gasteiger partial charge is 0.462 e. The highest BCUT2D eigenvalue weighted by molar-refractivity contribution is 5.85. The highest BCUT2D eigenvalue weighted by Crippen LogP contribution is 2.28. The topological polar surface area (TPSA) is 111 Å². The third-order valence-electron chi connectivity index (χ3n) is 3.02. The zero-order chi connectivity index (χ0) is 14.0. The molecule has 0 saturated carbocycles. The van der Waals surface area contributed by atoms with Gasteiger partial charge in [-0.15, -0.1) is 12.4 Å². The fourth-order valence-electron chi connectivity index (χ4n) is 1.90. The van der Waals surface area contributed by atoms with Crippen LogP contribution in [0.25, 0.3) is 0 Å². The monoisotopic (exact) mass is 307 g/mol. The van der Waals surface area contributed by atoms with Crippen molar-refractivity contribution in [3.05, 3.63) is 0 Å². The fraction of sp³-hybridized carbons (Fsp3) is 0.727. The summed E-state index contributed by atoms with van der Waals surface area (Å²) < 4.78 is 10.4. The van der Waals surface area contributed by atoms with Gasteiger partial charge in [0.2, 0.25) is 11.8 Å². The Hall–Kier alpha value is -1.38. The van der Waals surface area contributed by atoms with Gasteiger partial charge in [0.05, 0.1) is 19.0 Å². The molecule has 2 aliphatic rings. The van der Waals surface area contributed by atoms with Crippen LogP contribution in [0.3, 0.4) is 0 Å². The molecule has 2 rings (SSSR count). The molecule has 0 radical (unpaired) electrons. The molecule has 0 aromatic rings. The first-order valence-electron chi connectivity index (χ1n) is 6.11. The Morgan fingerprint density at radius 1 is 1.60 bits per heavy atom. The molecule has 2 heterocycles. The summed E-state index contributed by atoms with van der Waals surface area (Å²) in [5.74, 6) is -0.912. The van der Waals surface area contributed by atoms with Gasteiger partial charge in [0.25, 0.3) is 0 Å². The molecule has 0 aromatic carbocycles. The number of β-lactam (4-membered cyclic amide) rings is 1. The van der Waals surface area contributed by atoms with E-state index < -0.39 is 17.9 Å².